The summed E-state index contributed by atoms with van der Waals surface area (Å²) in [6.07, 6.45) is 1.41. The van der Waals surface area contributed by atoms with Crippen molar-refractivity contribution in [3.05, 3.63) is 12.7 Å². The molecule has 0 radical (unpaired) electrons. The number of hydrogen-bond acceptors (Lipinski definition) is 4. The Bertz CT molecular complexity index is 220. The molecule has 1 rings (SSSR count). The van der Waals surface area contributed by atoms with Crippen LogP contribution in [0.15, 0.2) is 12.7 Å². The van der Waals surface area contributed by atoms with E-state index in [2.05, 4.69) is 11.3 Å². The molecule has 0 spiro atoms. The molecule has 1 aliphatic heterocycles. The molecule has 1 fully saturated rings. The Hall–Kier alpha value is -1.36. The van der Waals surface area contributed by atoms with E-state index in [0.29, 0.717) is 13.2 Å². The van der Waals surface area contributed by atoms with Gasteiger partial charge in [0.2, 0.25) is 0 Å². The van der Waals surface area contributed by atoms with E-state index in [1.54, 1.807) is 0 Å². The van der Waals surface area contributed by atoms with E-state index in [1.807, 2.05) is 0 Å². The molecule has 0 aromatic rings. The molecule has 0 atom stereocenters. The van der Waals surface area contributed by atoms with Crippen LogP contribution in [-0.4, -0.2) is 43.3 Å². The minimum atomic E-state index is -0.856. The lowest BCUT2D eigenvalue weighted by molar-refractivity contribution is -0.159. The van der Waals surface area contributed by atoms with Gasteiger partial charge in [0.15, 0.2) is 0 Å². The highest BCUT2D eigenvalue weighted by atomic mass is 16.5. The Kier molecular flexibility index (Phi) is 3.45. The zero-order valence-corrected chi connectivity index (χ0v) is 7.19. The first kappa shape index (κ1) is 9.73. The van der Waals surface area contributed by atoms with E-state index < -0.39 is 11.9 Å². The summed E-state index contributed by atoms with van der Waals surface area (Å²) in [4.78, 5) is 23.5. The third kappa shape index (κ3) is 2.55. The van der Waals surface area contributed by atoms with Gasteiger partial charge in [0.1, 0.15) is 13.3 Å². The van der Waals surface area contributed by atoms with Crippen molar-refractivity contribution in [2.45, 2.75) is 0 Å². The monoisotopic (exact) mass is 185 g/mol. The SMILES string of the molecule is C=CCOC(=O)C(=O)N1CCOC1. The van der Waals surface area contributed by atoms with E-state index >= 15 is 0 Å². The van der Waals surface area contributed by atoms with Gasteiger partial charge >= 0.3 is 11.9 Å². The van der Waals surface area contributed by atoms with Crippen LogP contribution in [0.25, 0.3) is 0 Å². The molecule has 1 heterocycles. The number of esters is 1. The van der Waals surface area contributed by atoms with Crippen molar-refractivity contribution in [1.82, 2.24) is 4.90 Å². The standard InChI is InChI=1S/C8H11NO4/c1-2-4-13-8(11)7(10)9-3-5-12-6-9/h2H,1,3-6H2. The van der Waals surface area contributed by atoms with Gasteiger partial charge in [0.25, 0.3) is 0 Å². The number of ether oxygens (including phenoxy) is 2. The van der Waals surface area contributed by atoms with E-state index in [1.165, 1.54) is 11.0 Å². The molecular weight excluding hydrogens is 174 g/mol. The highest BCUT2D eigenvalue weighted by Gasteiger charge is 2.25. The highest BCUT2D eigenvalue weighted by molar-refractivity contribution is 6.32. The fraction of sp³-hybridized carbons (Fsp3) is 0.500. The second-order valence-corrected chi connectivity index (χ2v) is 2.49. The lowest BCUT2D eigenvalue weighted by Gasteiger charge is -2.11. The molecule has 13 heavy (non-hydrogen) atoms. The number of hydrogen-bond donors (Lipinski definition) is 0. The third-order valence-electron chi connectivity index (χ3n) is 1.55. The number of rotatable bonds is 2. The van der Waals surface area contributed by atoms with E-state index in [4.69, 9.17) is 4.74 Å². The molecule has 0 aromatic heterocycles. The van der Waals surface area contributed by atoms with Crippen LogP contribution in [0.1, 0.15) is 0 Å². The molecule has 72 valence electrons. The van der Waals surface area contributed by atoms with Crippen molar-refractivity contribution < 1.29 is 19.1 Å². The largest absolute Gasteiger partial charge is 0.454 e. The molecule has 0 saturated carbocycles. The van der Waals surface area contributed by atoms with Crippen LogP contribution >= 0.6 is 0 Å². The van der Waals surface area contributed by atoms with E-state index in [0.717, 1.165) is 0 Å². The fourth-order valence-electron chi connectivity index (χ4n) is 0.900. The summed E-state index contributed by atoms with van der Waals surface area (Å²) in [5, 5.41) is 0. The first-order valence-electron chi connectivity index (χ1n) is 3.90. The van der Waals surface area contributed by atoms with Gasteiger partial charge < -0.3 is 14.4 Å². The predicted octanol–water partition coefficient (Wildman–Crippen LogP) is -0.468. The van der Waals surface area contributed by atoms with Crippen LogP contribution in [0.3, 0.4) is 0 Å². The first-order chi connectivity index (χ1) is 6.25. The van der Waals surface area contributed by atoms with Crippen LogP contribution in [0.5, 0.6) is 0 Å². The van der Waals surface area contributed by atoms with Gasteiger partial charge in [-0.3, -0.25) is 4.79 Å². The van der Waals surface area contributed by atoms with Gasteiger partial charge in [0.05, 0.1) is 6.61 Å². The Morgan fingerprint density at radius 1 is 1.62 bits per heavy atom. The average Bonchev–Trinajstić information content (AvgIpc) is 2.65. The quantitative estimate of drug-likeness (QED) is 0.331. The second-order valence-electron chi connectivity index (χ2n) is 2.49. The zero-order chi connectivity index (χ0) is 9.68. The minimum absolute atomic E-state index is 0.0548. The van der Waals surface area contributed by atoms with Gasteiger partial charge in [-0.05, 0) is 0 Å². The van der Waals surface area contributed by atoms with Crippen molar-refractivity contribution in [3.8, 4) is 0 Å². The molecule has 5 nitrogen and oxygen atoms in total. The molecule has 0 aliphatic carbocycles. The Morgan fingerprint density at radius 2 is 2.38 bits per heavy atom. The lowest BCUT2D eigenvalue weighted by Crippen LogP contribution is -2.35. The average molecular weight is 185 g/mol. The maximum absolute atomic E-state index is 11.2. The Morgan fingerprint density at radius 3 is 2.92 bits per heavy atom. The van der Waals surface area contributed by atoms with Crippen molar-refractivity contribution in [2.75, 3.05) is 26.5 Å². The van der Waals surface area contributed by atoms with Crippen LogP contribution in [0.4, 0.5) is 0 Å². The number of amides is 1. The van der Waals surface area contributed by atoms with E-state index in [-0.39, 0.29) is 13.3 Å². The van der Waals surface area contributed by atoms with Crippen LogP contribution in [0, 0.1) is 0 Å². The maximum atomic E-state index is 11.2. The summed E-state index contributed by atoms with van der Waals surface area (Å²) in [6.45, 7) is 4.51. The second kappa shape index (κ2) is 4.61. The van der Waals surface area contributed by atoms with Crippen molar-refractivity contribution in [2.24, 2.45) is 0 Å². The maximum Gasteiger partial charge on any atom is 0.397 e. The topological polar surface area (TPSA) is 55.8 Å². The van der Waals surface area contributed by atoms with Crippen LogP contribution < -0.4 is 0 Å². The summed E-state index contributed by atoms with van der Waals surface area (Å²) < 4.78 is 9.47. The molecule has 1 amide bonds. The summed E-state index contributed by atoms with van der Waals surface area (Å²) in [5.74, 6) is -1.51. The van der Waals surface area contributed by atoms with Gasteiger partial charge in [-0.2, -0.15) is 0 Å². The lowest BCUT2D eigenvalue weighted by atomic mass is 10.5. The zero-order valence-electron chi connectivity index (χ0n) is 7.19. The van der Waals surface area contributed by atoms with Gasteiger partial charge in [-0.1, -0.05) is 12.7 Å². The summed E-state index contributed by atoms with van der Waals surface area (Å²) in [7, 11) is 0. The summed E-state index contributed by atoms with van der Waals surface area (Å²) in [5.41, 5.74) is 0. The first-order valence-corrected chi connectivity index (χ1v) is 3.90. The van der Waals surface area contributed by atoms with Gasteiger partial charge in [-0.25, -0.2) is 4.79 Å². The Balaban J connectivity index is 2.36. The highest BCUT2D eigenvalue weighted by Crippen LogP contribution is 2.00. The molecule has 5 heteroatoms. The molecule has 0 bridgehead atoms. The molecular formula is C8H11NO4. The normalized spacial score (nSPS) is 15.5. The fourth-order valence-corrected chi connectivity index (χ4v) is 0.900. The van der Waals surface area contributed by atoms with Gasteiger partial charge in [0, 0.05) is 6.54 Å². The number of nitrogens with zero attached hydrogens (tertiary/aromatic N) is 1. The summed E-state index contributed by atoms with van der Waals surface area (Å²) >= 11 is 0. The molecule has 0 unspecified atom stereocenters. The van der Waals surface area contributed by atoms with Gasteiger partial charge in [-0.15, -0.1) is 0 Å². The predicted molar refractivity (Wildman–Crippen MR) is 43.7 cm³/mol. The molecule has 0 N–H and O–H groups in total. The third-order valence-corrected chi connectivity index (χ3v) is 1.55. The Labute approximate surface area is 75.9 Å². The number of carbonyl (C=O) groups is 2. The van der Waals surface area contributed by atoms with Crippen LogP contribution in [-0.2, 0) is 19.1 Å². The molecule has 1 saturated heterocycles. The van der Waals surface area contributed by atoms with E-state index in [9.17, 15) is 9.59 Å². The van der Waals surface area contributed by atoms with Crippen molar-refractivity contribution >= 4 is 11.9 Å². The van der Waals surface area contributed by atoms with Crippen molar-refractivity contribution in [1.29, 1.82) is 0 Å². The molecule has 1 aliphatic rings. The number of carbonyl (C=O) groups excluding carboxylic acids is 2. The minimum Gasteiger partial charge on any atom is -0.454 e. The van der Waals surface area contributed by atoms with Crippen molar-refractivity contribution in [3.63, 3.8) is 0 Å². The van der Waals surface area contributed by atoms with Crippen LogP contribution in [0.2, 0.25) is 0 Å². The molecule has 0 aromatic carbocycles. The smallest absolute Gasteiger partial charge is 0.397 e. The summed E-state index contributed by atoms with van der Waals surface area (Å²) in [6, 6.07) is 0.